The number of rotatable bonds is 16. The number of hydrogen-bond donors (Lipinski definition) is 0. The molecule has 0 saturated carbocycles. The minimum atomic E-state index is -0.478. The zero-order valence-corrected chi connectivity index (χ0v) is 41.4. The molecule has 312 valence electrons. The topological polar surface area (TPSA) is 71.9 Å². The van der Waals surface area contributed by atoms with Gasteiger partial charge < -0.3 is 23.4 Å². The van der Waals surface area contributed by atoms with E-state index in [1.807, 2.05) is 78.9 Å². The molecule has 2 saturated heterocycles. The summed E-state index contributed by atoms with van der Waals surface area (Å²) in [7, 11) is -0.956. The molecular weight excluding hydrogens is 902 g/mol. The van der Waals surface area contributed by atoms with Crippen molar-refractivity contribution in [3.63, 3.8) is 0 Å². The molecule has 0 atom stereocenters. The summed E-state index contributed by atoms with van der Waals surface area (Å²) >= 11 is 12.3. The summed E-state index contributed by atoms with van der Waals surface area (Å²) < 4.78 is 43.2. The molecular formula is C43H62B2Br2N2O5S3. The smallest absolute Gasteiger partial charge is 0.481 e. The van der Waals surface area contributed by atoms with E-state index in [1.54, 1.807) is 11.3 Å². The predicted molar refractivity (Wildman–Crippen MR) is 250 cm³/mol. The quantitative estimate of drug-likeness (QED) is 0.0818. The molecule has 3 aliphatic rings. The van der Waals surface area contributed by atoms with Crippen molar-refractivity contribution in [1.82, 2.24) is 8.75 Å². The molecule has 3 aromatic heterocycles. The fraction of sp³-hybridized carbons (Fsp3) is 0.674. The van der Waals surface area contributed by atoms with Gasteiger partial charge in [0.2, 0.25) is 0 Å². The Kier molecular flexibility index (Phi) is 14.9. The lowest BCUT2D eigenvalue weighted by molar-refractivity contribution is 0.00578. The summed E-state index contributed by atoms with van der Waals surface area (Å²) in [6, 6.07) is 8.52. The molecule has 14 heteroatoms. The summed E-state index contributed by atoms with van der Waals surface area (Å²) in [5.74, 6) is 1.09. The van der Waals surface area contributed by atoms with E-state index in [4.69, 9.17) is 23.4 Å². The van der Waals surface area contributed by atoms with E-state index in [-0.39, 0.29) is 5.60 Å². The van der Waals surface area contributed by atoms with Crippen molar-refractivity contribution in [2.24, 2.45) is 0 Å². The largest absolute Gasteiger partial charge is 0.497 e. The Hall–Kier alpha value is -0.830. The summed E-state index contributed by atoms with van der Waals surface area (Å²) in [4.78, 5) is 2.73. The highest BCUT2D eigenvalue weighted by Gasteiger charge is 2.54. The third-order valence-electron chi connectivity index (χ3n) is 12.7. The molecule has 3 aliphatic heterocycles. The molecule has 0 bridgehead atoms. The molecule has 0 radical (unpaired) electrons. The van der Waals surface area contributed by atoms with Gasteiger partial charge in [-0.25, -0.2) is 0 Å². The van der Waals surface area contributed by atoms with Gasteiger partial charge in [-0.15, -0.1) is 22.7 Å². The normalized spacial score (nSPS) is 19.6. The van der Waals surface area contributed by atoms with Gasteiger partial charge in [0.05, 0.1) is 51.5 Å². The molecule has 0 unspecified atom stereocenters. The van der Waals surface area contributed by atoms with E-state index >= 15 is 0 Å². The highest BCUT2D eigenvalue weighted by atomic mass is 79.9. The van der Waals surface area contributed by atoms with Crippen LogP contribution in [-0.2, 0) is 24.2 Å². The minimum absolute atomic E-state index is 0.152. The lowest BCUT2D eigenvalue weighted by atomic mass is 9.72. The number of fused-ring (bicyclic) bond motifs is 4. The fourth-order valence-corrected chi connectivity index (χ4v) is 11.7. The maximum absolute atomic E-state index is 6.90. The zero-order chi connectivity index (χ0) is 41.2. The molecule has 0 spiro atoms. The number of hydrogen-bond acceptors (Lipinski definition) is 10. The zero-order valence-electron chi connectivity index (χ0n) is 35.8. The maximum Gasteiger partial charge on any atom is 0.497 e. The van der Waals surface area contributed by atoms with Gasteiger partial charge in [-0.1, -0.05) is 90.2 Å². The molecule has 57 heavy (non-hydrogen) atoms. The van der Waals surface area contributed by atoms with Crippen LogP contribution in [0.1, 0.15) is 165 Å². The van der Waals surface area contributed by atoms with E-state index in [0.717, 1.165) is 44.3 Å². The van der Waals surface area contributed by atoms with Crippen molar-refractivity contribution < 1.29 is 23.4 Å². The first-order valence-corrected chi connectivity index (χ1v) is 25.1. The van der Waals surface area contributed by atoms with Gasteiger partial charge in [-0.05, 0) is 119 Å². The first-order chi connectivity index (χ1) is 26.9. The van der Waals surface area contributed by atoms with Crippen molar-refractivity contribution in [2.75, 3.05) is 0 Å². The first kappa shape index (κ1) is 45.7. The number of thiophene rings is 2. The lowest BCUT2D eigenvalue weighted by Gasteiger charge is -2.38. The van der Waals surface area contributed by atoms with Crippen molar-refractivity contribution in [1.29, 1.82) is 0 Å². The van der Waals surface area contributed by atoms with Crippen LogP contribution in [0, 0.1) is 0 Å². The summed E-state index contributed by atoms with van der Waals surface area (Å²) in [5, 5.41) is 0. The van der Waals surface area contributed by atoms with Gasteiger partial charge in [0.1, 0.15) is 22.4 Å². The van der Waals surface area contributed by atoms with Crippen molar-refractivity contribution in [2.45, 2.75) is 187 Å². The molecule has 1 aromatic carbocycles. The second kappa shape index (κ2) is 18.6. The Balaban J connectivity index is 0.000000194. The molecule has 7 nitrogen and oxygen atoms in total. The third kappa shape index (κ3) is 9.95. The van der Waals surface area contributed by atoms with Crippen molar-refractivity contribution in [3.8, 4) is 15.5 Å². The highest BCUT2D eigenvalue weighted by Crippen LogP contribution is 2.57. The second-order valence-corrected chi connectivity index (χ2v) is 23.4. The van der Waals surface area contributed by atoms with Crippen LogP contribution in [0.15, 0.2) is 31.8 Å². The van der Waals surface area contributed by atoms with Crippen LogP contribution in [0.25, 0.3) is 20.8 Å². The van der Waals surface area contributed by atoms with Crippen LogP contribution in [0.3, 0.4) is 0 Å². The van der Waals surface area contributed by atoms with Crippen LogP contribution in [0.5, 0.6) is 5.75 Å². The number of ether oxygens (including phenoxy) is 1. The molecule has 2 fully saturated rings. The monoisotopic (exact) mass is 962 g/mol. The second-order valence-electron chi connectivity index (χ2n) is 18.1. The summed E-state index contributed by atoms with van der Waals surface area (Å²) in [6.45, 7) is 20.9. The van der Waals surface area contributed by atoms with Crippen LogP contribution >= 0.6 is 66.3 Å². The predicted octanol–water partition coefficient (Wildman–Crippen LogP) is 13.4. The van der Waals surface area contributed by atoms with E-state index < -0.39 is 36.6 Å². The van der Waals surface area contributed by atoms with Gasteiger partial charge in [0, 0.05) is 22.6 Å². The number of aromatic nitrogens is 2. The van der Waals surface area contributed by atoms with E-state index in [2.05, 4.69) is 66.6 Å². The van der Waals surface area contributed by atoms with E-state index in [0.29, 0.717) is 0 Å². The summed E-state index contributed by atoms with van der Waals surface area (Å²) in [5.41, 5.74) is 3.00. The molecule has 6 heterocycles. The van der Waals surface area contributed by atoms with Crippen LogP contribution in [-0.4, -0.2) is 45.4 Å². The van der Waals surface area contributed by atoms with E-state index in [1.165, 1.54) is 108 Å². The molecule has 0 N–H and O–H groups in total. The lowest BCUT2D eigenvalue weighted by Crippen LogP contribution is -2.41. The minimum Gasteiger partial charge on any atom is -0.481 e. The Morgan fingerprint density at radius 3 is 1.42 bits per heavy atom. The van der Waals surface area contributed by atoms with E-state index in [9.17, 15) is 0 Å². The molecule has 0 amide bonds. The van der Waals surface area contributed by atoms with Gasteiger partial charge in [-0.3, -0.25) is 0 Å². The molecule has 0 aliphatic carbocycles. The molecule has 4 aromatic rings. The number of benzene rings is 1. The van der Waals surface area contributed by atoms with Crippen LogP contribution < -0.4 is 15.7 Å². The highest BCUT2D eigenvalue weighted by molar-refractivity contribution is 9.11. The Labute approximate surface area is 372 Å². The number of nitrogens with zero attached hydrogens (tertiary/aromatic N) is 2. The van der Waals surface area contributed by atoms with Gasteiger partial charge in [0.15, 0.2) is 0 Å². The van der Waals surface area contributed by atoms with Crippen molar-refractivity contribution >= 4 is 102 Å². The number of unbranched alkanes of at least 4 members (excludes halogenated alkanes) is 10. The average molecular weight is 965 g/mol. The summed E-state index contributed by atoms with van der Waals surface area (Å²) in [6.07, 6.45) is 18.3. The first-order valence-electron chi connectivity index (χ1n) is 21.2. The van der Waals surface area contributed by atoms with Crippen LogP contribution in [0.2, 0.25) is 0 Å². The standard InChI is InChI=1S/C25H36Br2OS2.C18H26B2N2O4S/c1-3-5-7-9-11-13-15-25(16-14-12-10-8-6-4-2)19-17-21(26)29-23(19)24-20(28-25)18-22(27)30-24;1-15(2)16(3,4)24-19(23-15)11-9-10-12(14-13(11)21-27-22-14)20-25-17(5,6)18(7,8)26-20/h17-18H,3-16H2,1-2H3;9-10H,1-8H3. The van der Waals surface area contributed by atoms with Gasteiger partial charge >= 0.3 is 14.2 Å². The Bertz CT molecular complexity index is 1840. The average Bonchev–Trinajstić information content (AvgIpc) is 3.94. The Morgan fingerprint density at radius 1 is 0.561 bits per heavy atom. The van der Waals surface area contributed by atoms with Crippen molar-refractivity contribution in [3.05, 3.63) is 37.4 Å². The van der Waals surface area contributed by atoms with Gasteiger partial charge in [0.25, 0.3) is 0 Å². The third-order valence-corrected chi connectivity index (χ3v) is 16.7. The number of halogens is 2. The van der Waals surface area contributed by atoms with Gasteiger partial charge in [-0.2, -0.15) is 8.75 Å². The maximum atomic E-state index is 6.90. The SMILES string of the molecule is CC1(C)OB(c2ccc(B3OC(C)(C)C(C)(C)O3)c3nsnc23)OC1(C)C.CCCCCCCCC1(CCCCCCCC)Oc2cc(Br)sc2-c2sc(Br)cc21. The fourth-order valence-electron chi connectivity index (χ4n) is 7.82. The van der Waals surface area contributed by atoms with Crippen LogP contribution in [0.4, 0.5) is 0 Å². The Morgan fingerprint density at radius 2 is 0.965 bits per heavy atom. The molecule has 7 rings (SSSR count).